The average molecular weight is 286 g/mol. The largest absolute Gasteiger partial charge is 0.389 e. The van der Waals surface area contributed by atoms with Crippen molar-refractivity contribution in [2.75, 3.05) is 0 Å². The van der Waals surface area contributed by atoms with Crippen molar-refractivity contribution in [2.45, 2.75) is 25.1 Å². The Morgan fingerprint density at radius 1 is 1.05 bits per heavy atom. The maximum absolute atomic E-state index is 13.7. The third kappa shape index (κ3) is 3.26. The zero-order valence-electron chi connectivity index (χ0n) is 10.5. The van der Waals surface area contributed by atoms with Crippen LogP contribution in [0, 0.1) is 5.82 Å². The van der Waals surface area contributed by atoms with E-state index in [0.29, 0.717) is 16.3 Å². The third-order valence-corrected chi connectivity index (χ3v) is 3.20. The summed E-state index contributed by atoms with van der Waals surface area (Å²) in [4.78, 5) is 0. The van der Waals surface area contributed by atoms with E-state index in [-0.39, 0.29) is 6.42 Å². The van der Waals surface area contributed by atoms with Crippen LogP contribution in [-0.2, 0) is 0 Å². The lowest BCUT2D eigenvalue weighted by molar-refractivity contribution is -0.136. The number of halogens is 4. The van der Waals surface area contributed by atoms with Crippen molar-refractivity contribution in [1.29, 1.82) is 0 Å². The molecule has 0 aromatic heterocycles. The molecule has 0 bridgehead atoms. The summed E-state index contributed by atoms with van der Waals surface area (Å²) in [5.41, 5.74) is 2.94. The van der Waals surface area contributed by atoms with Gasteiger partial charge in [0.25, 0.3) is 0 Å². The van der Waals surface area contributed by atoms with Gasteiger partial charge in [-0.3, -0.25) is 11.3 Å². The Balaban J connectivity index is 2.37. The van der Waals surface area contributed by atoms with Crippen LogP contribution in [0.4, 0.5) is 17.6 Å². The van der Waals surface area contributed by atoms with Crippen LogP contribution in [0.1, 0.15) is 24.4 Å². The monoisotopic (exact) mass is 286 g/mol. The summed E-state index contributed by atoms with van der Waals surface area (Å²) >= 11 is 0. The van der Waals surface area contributed by atoms with Gasteiger partial charge < -0.3 is 0 Å². The highest BCUT2D eigenvalue weighted by Gasteiger charge is 2.29. The van der Waals surface area contributed by atoms with E-state index >= 15 is 0 Å². The fraction of sp³-hybridized carbons (Fsp3) is 0.286. The first-order chi connectivity index (χ1) is 9.42. The van der Waals surface area contributed by atoms with E-state index in [4.69, 9.17) is 5.84 Å². The number of nitrogens with two attached hydrogens (primary N) is 1. The van der Waals surface area contributed by atoms with Gasteiger partial charge in [0.05, 0.1) is 0 Å². The van der Waals surface area contributed by atoms with Crippen LogP contribution in [0.25, 0.3) is 10.8 Å². The van der Waals surface area contributed by atoms with E-state index < -0.39 is 24.5 Å². The lowest BCUT2D eigenvalue weighted by atomic mass is 9.96. The van der Waals surface area contributed by atoms with Crippen molar-refractivity contribution in [3.05, 3.63) is 47.8 Å². The predicted molar refractivity (Wildman–Crippen MR) is 69.3 cm³/mol. The SMILES string of the molecule is NNC(CCC(F)(F)F)c1ccc(F)c2ccccc12. The van der Waals surface area contributed by atoms with Crippen LogP contribution in [0.3, 0.4) is 0 Å². The smallest absolute Gasteiger partial charge is 0.271 e. The molecular formula is C14H14F4N2. The molecule has 2 nitrogen and oxygen atoms in total. The summed E-state index contributed by atoms with van der Waals surface area (Å²) in [5.74, 6) is 4.95. The van der Waals surface area contributed by atoms with E-state index in [1.165, 1.54) is 12.1 Å². The predicted octanol–water partition coefficient (Wildman–Crippen LogP) is 3.83. The van der Waals surface area contributed by atoms with Gasteiger partial charge in [0, 0.05) is 17.8 Å². The minimum Gasteiger partial charge on any atom is -0.271 e. The van der Waals surface area contributed by atoms with E-state index in [2.05, 4.69) is 5.43 Å². The Morgan fingerprint density at radius 3 is 2.30 bits per heavy atom. The number of hydrogen-bond donors (Lipinski definition) is 2. The molecule has 0 heterocycles. The van der Waals surface area contributed by atoms with Crippen LogP contribution in [0.5, 0.6) is 0 Å². The Bertz CT molecular complexity index is 595. The van der Waals surface area contributed by atoms with Crippen molar-refractivity contribution in [3.8, 4) is 0 Å². The zero-order chi connectivity index (χ0) is 14.8. The minimum atomic E-state index is -4.25. The number of hydrazine groups is 1. The molecule has 3 N–H and O–H groups in total. The Labute approximate surface area is 113 Å². The second kappa shape index (κ2) is 5.76. The summed E-state index contributed by atoms with van der Waals surface area (Å²) in [7, 11) is 0. The zero-order valence-corrected chi connectivity index (χ0v) is 10.5. The van der Waals surface area contributed by atoms with Gasteiger partial charge in [0.1, 0.15) is 5.82 Å². The lowest BCUT2D eigenvalue weighted by Gasteiger charge is -2.19. The molecule has 20 heavy (non-hydrogen) atoms. The van der Waals surface area contributed by atoms with Crippen LogP contribution >= 0.6 is 0 Å². The molecule has 0 spiro atoms. The van der Waals surface area contributed by atoms with Crippen molar-refractivity contribution < 1.29 is 17.6 Å². The summed E-state index contributed by atoms with van der Waals surface area (Å²) in [6.07, 6.45) is -5.39. The molecule has 0 aliphatic carbocycles. The topological polar surface area (TPSA) is 38.0 Å². The quantitative estimate of drug-likeness (QED) is 0.509. The first kappa shape index (κ1) is 14.7. The van der Waals surface area contributed by atoms with Gasteiger partial charge in [-0.25, -0.2) is 4.39 Å². The number of rotatable bonds is 4. The second-order valence-corrected chi connectivity index (χ2v) is 4.56. The summed E-state index contributed by atoms with van der Waals surface area (Å²) in [6, 6.07) is 8.69. The fourth-order valence-electron chi connectivity index (χ4n) is 2.23. The molecule has 0 fully saturated rings. The number of nitrogens with one attached hydrogen (secondary N) is 1. The van der Waals surface area contributed by atoms with Crippen molar-refractivity contribution >= 4 is 10.8 Å². The van der Waals surface area contributed by atoms with Crippen LogP contribution < -0.4 is 11.3 Å². The molecule has 2 aromatic carbocycles. The first-order valence-electron chi connectivity index (χ1n) is 6.12. The molecule has 108 valence electrons. The standard InChI is InChI=1S/C14H14F4N2/c15-12-6-5-11(9-3-1-2-4-10(9)12)13(20-19)7-8-14(16,17)18/h1-6,13,20H,7-8,19H2. The molecule has 0 aliphatic rings. The van der Waals surface area contributed by atoms with Crippen LogP contribution in [0.2, 0.25) is 0 Å². The van der Waals surface area contributed by atoms with Crippen molar-refractivity contribution in [2.24, 2.45) is 5.84 Å². The third-order valence-electron chi connectivity index (χ3n) is 3.20. The van der Waals surface area contributed by atoms with Gasteiger partial charge in [0.2, 0.25) is 0 Å². The van der Waals surface area contributed by atoms with Crippen LogP contribution in [-0.4, -0.2) is 6.18 Å². The summed E-state index contributed by atoms with van der Waals surface area (Å²) in [5, 5.41) is 0.940. The molecule has 1 unspecified atom stereocenters. The highest BCUT2D eigenvalue weighted by Crippen LogP contribution is 2.31. The van der Waals surface area contributed by atoms with Gasteiger partial charge in [-0.15, -0.1) is 0 Å². The number of benzene rings is 2. The fourth-order valence-corrected chi connectivity index (χ4v) is 2.23. The highest BCUT2D eigenvalue weighted by atomic mass is 19.4. The van der Waals surface area contributed by atoms with Crippen molar-refractivity contribution in [1.82, 2.24) is 5.43 Å². The van der Waals surface area contributed by atoms with Gasteiger partial charge >= 0.3 is 6.18 Å². The van der Waals surface area contributed by atoms with E-state index in [0.717, 1.165) is 0 Å². The van der Waals surface area contributed by atoms with Gasteiger partial charge in [-0.1, -0.05) is 30.3 Å². The van der Waals surface area contributed by atoms with E-state index in [1.807, 2.05) is 0 Å². The van der Waals surface area contributed by atoms with E-state index in [9.17, 15) is 17.6 Å². The maximum Gasteiger partial charge on any atom is 0.389 e. The van der Waals surface area contributed by atoms with Crippen LogP contribution in [0.15, 0.2) is 36.4 Å². The minimum absolute atomic E-state index is 0.199. The number of fused-ring (bicyclic) bond motifs is 1. The highest BCUT2D eigenvalue weighted by molar-refractivity contribution is 5.86. The molecule has 6 heteroatoms. The maximum atomic E-state index is 13.7. The molecule has 2 rings (SSSR count). The van der Waals surface area contributed by atoms with Crippen molar-refractivity contribution in [3.63, 3.8) is 0 Å². The Kier molecular flexibility index (Phi) is 4.25. The molecule has 0 radical (unpaired) electrons. The average Bonchev–Trinajstić information content (AvgIpc) is 2.41. The first-order valence-corrected chi connectivity index (χ1v) is 6.12. The molecule has 1 atom stereocenters. The van der Waals surface area contributed by atoms with Gasteiger partial charge in [0.15, 0.2) is 0 Å². The summed E-state index contributed by atoms with van der Waals surface area (Å²) < 4.78 is 50.6. The van der Waals surface area contributed by atoms with Gasteiger partial charge in [-0.05, 0) is 23.4 Å². The lowest BCUT2D eigenvalue weighted by Crippen LogP contribution is -2.29. The number of alkyl halides is 3. The molecule has 0 aliphatic heterocycles. The second-order valence-electron chi connectivity index (χ2n) is 4.56. The van der Waals surface area contributed by atoms with Gasteiger partial charge in [-0.2, -0.15) is 13.2 Å². The normalized spacial score (nSPS) is 13.7. The molecule has 0 amide bonds. The Hall–Kier alpha value is -1.66. The molecular weight excluding hydrogens is 272 g/mol. The molecule has 0 saturated heterocycles. The molecule has 2 aromatic rings. The summed E-state index contributed by atoms with van der Waals surface area (Å²) in [6.45, 7) is 0. The number of hydrogen-bond acceptors (Lipinski definition) is 2. The Morgan fingerprint density at radius 2 is 1.70 bits per heavy atom. The van der Waals surface area contributed by atoms with E-state index in [1.54, 1.807) is 24.3 Å². The molecule has 0 saturated carbocycles.